The van der Waals surface area contributed by atoms with Gasteiger partial charge in [0.15, 0.2) is 0 Å². The van der Waals surface area contributed by atoms with E-state index >= 15 is 0 Å². The van der Waals surface area contributed by atoms with Crippen molar-refractivity contribution in [3.63, 3.8) is 0 Å². The summed E-state index contributed by atoms with van der Waals surface area (Å²) in [5.74, 6) is 0. The third-order valence-electron chi connectivity index (χ3n) is 2.96. The van der Waals surface area contributed by atoms with Gasteiger partial charge in [0.1, 0.15) is 0 Å². The van der Waals surface area contributed by atoms with E-state index in [0.29, 0.717) is 11.4 Å². The maximum atomic E-state index is 6.34. The highest BCUT2D eigenvalue weighted by atomic mass is 32.1. The predicted octanol–water partition coefficient (Wildman–Crippen LogP) is 3.39. The van der Waals surface area contributed by atoms with Crippen LogP contribution in [0.4, 0.5) is 5.69 Å². The second kappa shape index (κ2) is 5.95. The summed E-state index contributed by atoms with van der Waals surface area (Å²) >= 11 is 5.44. The molecule has 2 aromatic carbocycles. The van der Waals surface area contributed by atoms with Crippen molar-refractivity contribution < 1.29 is 0 Å². The average Bonchev–Trinajstić information content (AvgIpc) is 2.40. The maximum Gasteiger partial charge on any atom is 0.0999 e. The highest BCUT2D eigenvalue weighted by Crippen LogP contribution is 2.15. The number of thiocarbonyl (C=S) groups is 1. The number of anilines is 1. The second-order valence-corrected chi connectivity index (χ2v) is 5.31. The first-order chi connectivity index (χ1) is 9.08. The lowest BCUT2D eigenvalue weighted by atomic mass is 9.93. The molecule has 2 aromatic rings. The Balaban J connectivity index is 2.05. The smallest absolute Gasteiger partial charge is 0.0999 e. The normalized spacial score (nSPS) is 13.6. The number of nitrogens with two attached hydrogens (primary N) is 1. The highest BCUT2D eigenvalue weighted by molar-refractivity contribution is 7.80. The molecule has 0 fully saturated rings. The molecule has 0 saturated carbocycles. The third-order valence-corrected chi connectivity index (χ3v) is 3.53. The fourth-order valence-electron chi connectivity index (χ4n) is 1.90. The fraction of sp³-hybridized carbons (Fsp3) is 0.188. The van der Waals surface area contributed by atoms with Crippen molar-refractivity contribution in [1.82, 2.24) is 0 Å². The summed E-state index contributed by atoms with van der Waals surface area (Å²) in [6, 6.07) is 20.0. The molecular weight excluding hydrogens is 252 g/mol. The first-order valence-corrected chi connectivity index (χ1v) is 6.68. The number of benzene rings is 2. The van der Waals surface area contributed by atoms with Crippen LogP contribution in [0.1, 0.15) is 12.5 Å². The van der Waals surface area contributed by atoms with Crippen LogP contribution in [0, 0.1) is 0 Å². The molecule has 0 aromatic heterocycles. The second-order valence-electron chi connectivity index (χ2n) is 4.90. The number of para-hydroxylation sites is 1. The van der Waals surface area contributed by atoms with E-state index in [-0.39, 0.29) is 0 Å². The molecule has 1 atom stereocenters. The maximum absolute atomic E-state index is 6.34. The summed E-state index contributed by atoms with van der Waals surface area (Å²) in [4.78, 5) is 0.655. The van der Waals surface area contributed by atoms with E-state index < -0.39 is 5.54 Å². The van der Waals surface area contributed by atoms with E-state index in [1.807, 2.05) is 55.5 Å². The van der Waals surface area contributed by atoms with Gasteiger partial charge in [0.2, 0.25) is 0 Å². The Labute approximate surface area is 119 Å². The van der Waals surface area contributed by atoms with Gasteiger partial charge >= 0.3 is 0 Å². The molecule has 0 saturated heterocycles. The van der Waals surface area contributed by atoms with E-state index in [9.17, 15) is 0 Å². The summed E-state index contributed by atoms with van der Waals surface area (Å²) in [5, 5.41) is 3.21. The van der Waals surface area contributed by atoms with Gasteiger partial charge in [-0.1, -0.05) is 60.7 Å². The molecule has 3 N–H and O–H groups in total. The largest absolute Gasteiger partial charge is 0.348 e. The summed E-state index contributed by atoms with van der Waals surface area (Å²) in [7, 11) is 0. The van der Waals surface area contributed by atoms with Gasteiger partial charge in [0, 0.05) is 5.69 Å². The Morgan fingerprint density at radius 3 is 2.16 bits per heavy atom. The lowest BCUT2D eigenvalue weighted by Gasteiger charge is -2.26. The minimum Gasteiger partial charge on any atom is -0.348 e. The zero-order valence-electron chi connectivity index (χ0n) is 11.0. The van der Waals surface area contributed by atoms with Crippen LogP contribution in [0.2, 0.25) is 0 Å². The molecule has 98 valence electrons. The molecule has 0 amide bonds. The Hall–Kier alpha value is -1.71. The Kier molecular flexibility index (Phi) is 4.30. The number of rotatable bonds is 4. The first kappa shape index (κ1) is 13.7. The van der Waals surface area contributed by atoms with Crippen molar-refractivity contribution in [2.75, 3.05) is 5.32 Å². The van der Waals surface area contributed by atoms with Gasteiger partial charge in [0.25, 0.3) is 0 Å². The lowest BCUT2D eigenvalue weighted by molar-refractivity contribution is 0.628. The Morgan fingerprint density at radius 2 is 1.58 bits per heavy atom. The van der Waals surface area contributed by atoms with E-state index in [2.05, 4.69) is 17.4 Å². The Bertz CT molecular complexity index is 535. The molecule has 0 heterocycles. The summed E-state index contributed by atoms with van der Waals surface area (Å²) in [6.07, 6.45) is 0.715. The predicted molar refractivity (Wildman–Crippen MR) is 85.4 cm³/mol. The van der Waals surface area contributed by atoms with Crippen LogP contribution in [-0.2, 0) is 6.42 Å². The topological polar surface area (TPSA) is 38.0 Å². The van der Waals surface area contributed by atoms with Crippen molar-refractivity contribution >= 4 is 22.9 Å². The fourth-order valence-corrected chi connectivity index (χ4v) is 2.09. The van der Waals surface area contributed by atoms with Crippen molar-refractivity contribution in [3.8, 4) is 0 Å². The van der Waals surface area contributed by atoms with Gasteiger partial charge in [-0.3, -0.25) is 0 Å². The van der Waals surface area contributed by atoms with E-state index in [1.54, 1.807) is 0 Å². The van der Waals surface area contributed by atoms with E-state index in [4.69, 9.17) is 18.0 Å². The first-order valence-electron chi connectivity index (χ1n) is 6.27. The molecule has 0 aliphatic carbocycles. The summed E-state index contributed by atoms with van der Waals surface area (Å²) in [5.41, 5.74) is 7.93. The molecule has 19 heavy (non-hydrogen) atoms. The number of hydrogen-bond acceptors (Lipinski definition) is 2. The van der Waals surface area contributed by atoms with Crippen LogP contribution in [0.5, 0.6) is 0 Å². The van der Waals surface area contributed by atoms with Gasteiger partial charge in [-0.15, -0.1) is 0 Å². The lowest BCUT2D eigenvalue weighted by Crippen LogP contribution is -2.49. The standard InChI is InChI=1S/C16H18N2S/c1-16(17,12-13-8-4-2-5-9-13)15(19)18-14-10-6-3-7-11-14/h2-11H,12,17H2,1H3,(H,18,19). The number of hydrogen-bond donors (Lipinski definition) is 2. The van der Waals surface area contributed by atoms with Crippen LogP contribution in [0.15, 0.2) is 60.7 Å². The van der Waals surface area contributed by atoms with Gasteiger partial charge in [-0.25, -0.2) is 0 Å². The quantitative estimate of drug-likeness (QED) is 0.836. The van der Waals surface area contributed by atoms with E-state index in [0.717, 1.165) is 5.69 Å². The van der Waals surface area contributed by atoms with Crippen LogP contribution in [0.3, 0.4) is 0 Å². The van der Waals surface area contributed by atoms with Crippen LogP contribution in [-0.4, -0.2) is 10.5 Å². The highest BCUT2D eigenvalue weighted by Gasteiger charge is 2.24. The molecule has 0 aliphatic rings. The molecule has 0 spiro atoms. The molecule has 2 rings (SSSR count). The zero-order chi connectivity index (χ0) is 13.7. The molecule has 0 aliphatic heterocycles. The van der Waals surface area contributed by atoms with Crippen LogP contribution < -0.4 is 11.1 Å². The van der Waals surface area contributed by atoms with Gasteiger partial charge in [-0.05, 0) is 31.0 Å². The van der Waals surface area contributed by atoms with Gasteiger partial charge in [0.05, 0.1) is 10.5 Å². The van der Waals surface area contributed by atoms with Crippen molar-refractivity contribution in [3.05, 3.63) is 66.2 Å². The molecule has 2 nitrogen and oxygen atoms in total. The third kappa shape index (κ3) is 3.88. The van der Waals surface area contributed by atoms with Gasteiger partial charge < -0.3 is 11.1 Å². The monoisotopic (exact) mass is 270 g/mol. The Morgan fingerprint density at radius 1 is 1.05 bits per heavy atom. The number of nitrogens with one attached hydrogen (secondary N) is 1. The minimum atomic E-state index is -0.563. The molecule has 0 bridgehead atoms. The van der Waals surface area contributed by atoms with Crippen molar-refractivity contribution in [2.24, 2.45) is 5.73 Å². The average molecular weight is 270 g/mol. The summed E-state index contributed by atoms with van der Waals surface area (Å²) in [6.45, 7) is 1.96. The molecular formula is C16H18N2S. The molecule has 0 radical (unpaired) electrons. The van der Waals surface area contributed by atoms with Crippen molar-refractivity contribution in [2.45, 2.75) is 18.9 Å². The van der Waals surface area contributed by atoms with Crippen LogP contribution in [0.25, 0.3) is 0 Å². The minimum absolute atomic E-state index is 0.563. The molecule has 1 unspecified atom stereocenters. The van der Waals surface area contributed by atoms with Crippen molar-refractivity contribution in [1.29, 1.82) is 0 Å². The summed E-state index contributed by atoms with van der Waals surface area (Å²) < 4.78 is 0. The molecule has 3 heteroatoms. The zero-order valence-corrected chi connectivity index (χ0v) is 11.8. The van der Waals surface area contributed by atoms with Gasteiger partial charge in [-0.2, -0.15) is 0 Å². The van der Waals surface area contributed by atoms with E-state index in [1.165, 1.54) is 5.56 Å². The SMILES string of the molecule is CC(N)(Cc1ccccc1)C(=S)Nc1ccccc1. The van der Waals surface area contributed by atoms with Crippen LogP contribution >= 0.6 is 12.2 Å².